The Morgan fingerprint density at radius 1 is 0.605 bits per heavy atom. The molecule has 0 saturated carbocycles. The van der Waals surface area contributed by atoms with E-state index in [1.165, 1.54) is 10.8 Å². The van der Waals surface area contributed by atoms with Gasteiger partial charge >= 0.3 is 0 Å². The largest absolute Gasteiger partial charge is 0.341 e. The van der Waals surface area contributed by atoms with Gasteiger partial charge in [0, 0.05) is 36.4 Å². The Morgan fingerprint density at radius 2 is 1.24 bits per heavy atom. The highest BCUT2D eigenvalue weighted by molar-refractivity contribution is 5.92. The van der Waals surface area contributed by atoms with Crippen molar-refractivity contribution in [3.8, 4) is 22.3 Å². The van der Waals surface area contributed by atoms with Crippen molar-refractivity contribution in [2.75, 3.05) is 13.1 Å². The molecule has 4 heterocycles. The van der Waals surface area contributed by atoms with E-state index in [2.05, 4.69) is 73.5 Å². The van der Waals surface area contributed by atoms with Crippen LogP contribution in [0.2, 0.25) is 0 Å². The fraction of sp³-hybridized carbons (Fsp3) is 0.267. The second-order valence-electron chi connectivity index (χ2n) is 9.82. The SMILES string of the molecule is NCCCCc1nc2ncc(-c3ccc4cc(-c5cnc6[nH]c(CCCCN)nc6c5)ccc4c3)cc2[nH]1. The van der Waals surface area contributed by atoms with Crippen molar-refractivity contribution in [3.63, 3.8) is 0 Å². The van der Waals surface area contributed by atoms with E-state index in [0.717, 1.165) is 94.8 Å². The number of aromatic amines is 2. The minimum absolute atomic E-state index is 0.707. The van der Waals surface area contributed by atoms with Crippen molar-refractivity contribution in [2.45, 2.75) is 38.5 Å². The maximum atomic E-state index is 5.61. The van der Waals surface area contributed by atoms with Crippen LogP contribution in [0.25, 0.3) is 55.4 Å². The molecular weight excluding hydrogens is 472 g/mol. The zero-order valence-electron chi connectivity index (χ0n) is 21.4. The number of nitrogens with one attached hydrogen (secondary N) is 2. The average molecular weight is 505 g/mol. The number of hydrogen-bond acceptors (Lipinski definition) is 6. The Morgan fingerprint density at radius 3 is 1.92 bits per heavy atom. The first-order chi connectivity index (χ1) is 18.7. The Balaban J connectivity index is 1.24. The van der Waals surface area contributed by atoms with Crippen molar-refractivity contribution in [2.24, 2.45) is 11.5 Å². The topological polar surface area (TPSA) is 135 Å². The first-order valence-electron chi connectivity index (χ1n) is 13.3. The molecular formula is C30H32N8. The van der Waals surface area contributed by atoms with Gasteiger partial charge in [-0.15, -0.1) is 0 Å². The Bertz CT molecular complexity index is 1590. The summed E-state index contributed by atoms with van der Waals surface area (Å²) in [5.41, 5.74) is 19.0. The highest BCUT2D eigenvalue weighted by Crippen LogP contribution is 2.30. The first-order valence-corrected chi connectivity index (χ1v) is 13.3. The summed E-state index contributed by atoms with van der Waals surface area (Å²) in [5.74, 6) is 1.93. The van der Waals surface area contributed by atoms with E-state index in [1.54, 1.807) is 0 Å². The lowest BCUT2D eigenvalue weighted by Gasteiger charge is -2.07. The number of aromatic nitrogens is 6. The Labute approximate surface area is 220 Å². The second-order valence-corrected chi connectivity index (χ2v) is 9.82. The molecule has 192 valence electrons. The highest BCUT2D eigenvalue weighted by Gasteiger charge is 2.10. The normalized spacial score (nSPS) is 11.7. The number of nitrogens with two attached hydrogens (primary N) is 2. The predicted molar refractivity (Wildman–Crippen MR) is 154 cm³/mol. The molecule has 0 aliphatic carbocycles. The summed E-state index contributed by atoms with van der Waals surface area (Å²) in [6.45, 7) is 1.42. The molecule has 8 nitrogen and oxygen atoms in total. The van der Waals surface area contributed by atoms with Crippen LogP contribution >= 0.6 is 0 Å². The molecule has 0 radical (unpaired) electrons. The van der Waals surface area contributed by atoms with Gasteiger partial charge in [-0.25, -0.2) is 19.9 Å². The Kier molecular flexibility index (Phi) is 6.81. The molecule has 0 bridgehead atoms. The molecule has 0 aliphatic heterocycles. The van der Waals surface area contributed by atoms with Crippen LogP contribution in [0.5, 0.6) is 0 Å². The third-order valence-corrected chi connectivity index (χ3v) is 7.01. The molecule has 0 fully saturated rings. The van der Waals surface area contributed by atoms with E-state index >= 15 is 0 Å². The van der Waals surface area contributed by atoms with E-state index in [4.69, 9.17) is 16.5 Å². The molecule has 8 heteroatoms. The third kappa shape index (κ3) is 5.01. The van der Waals surface area contributed by atoms with Gasteiger partial charge in [0.2, 0.25) is 0 Å². The summed E-state index contributed by atoms with van der Waals surface area (Å²) in [6.07, 6.45) is 9.64. The minimum atomic E-state index is 0.707. The zero-order chi connectivity index (χ0) is 25.9. The average Bonchev–Trinajstić information content (AvgIpc) is 3.55. The summed E-state index contributed by atoms with van der Waals surface area (Å²) in [5, 5.41) is 2.35. The molecule has 0 unspecified atom stereocenters. The minimum Gasteiger partial charge on any atom is -0.341 e. The standard InChI is InChI=1S/C30H32N8/c31-11-3-1-5-27-35-25-15-23(17-33-29(25)37-27)21-9-7-20-14-22(10-8-19(20)13-21)24-16-26-30(34-18-24)38-28(36-26)6-2-4-12-32/h7-10,13-18H,1-6,11-12,31-32H2,(H,33,35,37)(H,34,36,38). The molecule has 0 saturated heterocycles. The summed E-state index contributed by atoms with van der Waals surface area (Å²) in [7, 11) is 0. The lowest BCUT2D eigenvalue weighted by atomic mass is 9.99. The number of pyridine rings is 2. The number of benzene rings is 2. The van der Waals surface area contributed by atoms with Crippen LogP contribution in [0.1, 0.15) is 37.3 Å². The second kappa shape index (κ2) is 10.7. The fourth-order valence-electron chi connectivity index (χ4n) is 4.93. The van der Waals surface area contributed by atoms with Gasteiger partial charge < -0.3 is 21.4 Å². The molecule has 6 rings (SSSR count). The number of H-pyrrole nitrogens is 2. The number of aryl methyl sites for hydroxylation is 2. The lowest BCUT2D eigenvalue weighted by molar-refractivity contribution is 0.724. The molecule has 38 heavy (non-hydrogen) atoms. The molecule has 6 aromatic rings. The fourth-order valence-corrected chi connectivity index (χ4v) is 4.93. The van der Waals surface area contributed by atoms with Gasteiger partial charge in [-0.1, -0.05) is 24.3 Å². The lowest BCUT2D eigenvalue weighted by Crippen LogP contribution is -1.99. The number of hydrogen-bond donors (Lipinski definition) is 4. The van der Waals surface area contributed by atoms with Crippen molar-refractivity contribution in [1.82, 2.24) is 29.9 Å². The van der Waals surface area contributed by atoms with E-state index in [0.29, 0.717) is 13.1 Å². The molecule has 0 amide bonds. The van der Waals surface area contributed by atoms with Crippen LogP contribution in [0, 0.1) is 0 Å². The zero-order valence-corrected chi connectivity index (χ0v) is 21.4. The molecule has 0 atom stereocenters. The van der Waals surface area contributed by atoms with Gasteiger partial charge in [-0.3, -0.25) is 0 Å². The van der Waals surface area contributed by atoms with Gasteiger partial charge in [0.1, 0.15) is 17.2 Å². The highest BCUT2D eigenvalue weighted by atomic mass is 15.0. The molecule has 6 N–H and O–H groups in total. The maximum Gasteiger partial charge on any atom is 0.177 e. The van der Waals surface area contributed by atoms with E-state index < -0.39 is 0 Å². The Hall–Kier alpha value is -4.14. The monoisotopic (exact) mass is 504 g/mol. The van der Waals surface area contributed by atoms with E-state index in [9.17, 15) is 0 Å². The van der Waals surface area contributed by atoms with E-state index in [-0.39, 0.29) is 0 Å². The van der Waals surface area contributed by atoms with Gasteiger partial charge in [0.25, 0.3) is 0 Å². The number of rotatable bonds is 10. The third-order valence-electron chi connectivity index (χ3n) is 7.01. The van der Waals surface area contributed by atoms with Gasteiger partial charge in [-0.05, 0) is 84.9 Å². The van der Waals surface area contributed by atoms with Crippen molar-refractivity contribution in [1.29, 1.82) is 0 Å². The quantitative estimate of drug-likeness (QED) is 0.187. The van der Waals surface area contributed by atoms with Crippen molar-refractivity contribution < 1.29 is 0 Å². The van der Waals surface area contributed by atoms with Crippen LogP contribution in [0.4, 0.5) is 0 Å². The number of imidazole rings is 2. The summed E-state index contributed by atoms with van der Waals surface area (Å²) in [6, 6.07) is 17.3. The van der Waals surface area contributed by atoms with Gasteiger partial charge in [-0.2, -0.15) is 0 Å². The first kappa shape index (κ1) is 24.2. The molecule has 2 aromatic carbocycles. The maximum absolute atomic E-state index is 5.61. The number of fused-ring (bicyclic) bond motifs is 3. The number of unbranched alkanes of at least 4 members (excludes halogenated alkanes) is 2. The van der Waals surface area contributed by atoms with E-state index in [1.807, 2.05) is 12.4 Å². The van der Waals surface area contributed by atoms with Crippen LogP contribution < -0.4 is 11.5 Å². The molecule has 0 spiro atoms. The molecule has 0 aliphatic rings. The van der Waals surface area contributed by atoms with Crippen molar-refractivity contribution >= 4 is 33.1 Å². The summed E-state index contributed by atoms with van der Waals surface area (Å²) in [4.78, 5) is 25.3. The van der Waals surface area contributed by atoms with Crippen LogP contribution in [-0.2, 0) is 12.8 Å². The van der Waals surface area contributed by atoms with Crippen LogP contribution in [0.15, 0.2) is 60.9 Å². The van der Waals surface area contributed by atoms with Crippen LogP contribution in [0.3, 0.4) is 0 Å². The molecule has 4 aromatic heterocycles. The predicted octanol–water partition coefficient (Wildman–Crippen LogP) is 5.28. The number of nitrogens with zero attached hydrogens (tertiary/aromatic N) is 4. The smallest absolute Gasteiger partial charge is 0.177 e. The van der Waals surface area contributed by atoms with Gasteiger partial charge in [0.05, 0.1) is 5.52 Å². The van der Waals surface area contributed by atoms with Crippen molar-refractivity contribution in [3.05, 3.63) is 72.6 Å². The van der Waals surface area contributed by atoms with Gasteiger partial charge in [0.15, 0.2) is 11.3 Å². The summed E-state index contributed by atoms with van der Waals surface area (Å²) < 4.78 is 0. The summed E-state index contributed by atoms with van der Waals surface area (Å²) >= 11 is 0. The van der Waals surface area contributed by atoms with Crippen LogP contribution in [-0.4, -0.2) is 43.0 Å².